The number of hydrogen-bond acceptors (Lipinski definition) is 5. The average molecular weight is 476 g/mol. The molecule has 1 fully saturated rings. The molecule has 1 N–H and O–H groups in total. The van der Waals surface area contributed by atoms with E-state index in [0.29, 0.717) is 31.0 Å². The smallest absolute Gasteiger partial charge is 0.291 e. The molecule has 3 heterocycles. The quantitative estimate of drug-likeness (QED) is 0.434. The third-order valence-corrected chi connectivity index (χ3v) is 6.55. The molecule has 4 aromatic rings. The minimum Gasteiger partial charge on any atom is -0.341 e. The molecule has 2 amide bonds. The van der Waals surface area contributed by atoms with Crippen molar-refractivity contribution in [1.82, 2.24) is 25.0 Å². The fraction of sp³-hybridized carbons (Fsp3) is 0.200. The van der Waals surface area contributed by atoms with Gasteiger partial charge in [-0.25, -0.2) is 14.1 Å². The fourth-order valence-electron chi connectivity index (χ4n) is 4.02. The maximum atomic E-state index is 13.9. The van der Waals surface area contributed by atoms with Crippen LogP contribution >= 0.6 is 11.3 Å². The first kappa shape index (κ1) is 22.0. The second-order valence-electron chi connectivity index (χ2n) is 8.01. The van der Waals surface area contributed by atoms with Gasteiger partial charge in [0.1, 0.15) is 5.82 Å². The fourth-order valence-corrected chi connectivity index (χ4v) is 4.72. The first-order valence-electron chi connectivity index (χ1n) is 11.0. The van der Waals surface area contributed by atoms with Crippen LogP contribution in [0.2, 0.25) is 0 Å². The van der Waals surface area contributed by atoms with E-state index in [-0.39, 0.29) is 11.7 Å². The molecule has 1 unspecified atom stereocenters. The van der Waals surface area contributed by atoms with Crippen LogP contribution in [-0.4, -0.2) is 44.6 Å². The van der Waals surface area contributed by atoms with Gasteiger partial charge in [-0.15, -0.1) is 16.4 Å². The molecule has 172 valence electrons. The van der Waals surface area contributed by atoms with E-state index in [1.807, 2.05) is 47.8 Å². The van der Waals surface area contributed by atoms with Gasteiger partial charge >= 0.3 is 0 Å². The Bertz CT molecular complexity index is 1310. The van der Waals surface area contributed by atoms with Crippen molar-refractivity contribution in [2.45, 2.75) is 18.9 Å². The van der Waals surface area contributed by atoms with Crippen LogP contribution < -0.4 is 5.32 Å². The number of carbonyl (C=O) groups is 2. The molecule has 0 spiro atoms. The van der Waals surface area contributed by atoms with Crippen LogP contribution in [0.25, 0.3) is 16.4 Å². The summed E-state index contributed by atoms with van der Waals surface area (Å²) in [5.41, 5.74) is 1.36. The summed E-state index contributed by atoms with van der Waals surface area (Å²) in [6.07, 6.45) is 1.34. The van der Waals surface area contributed by atoms with Gasteiger partial charge in [0.25, 0.3) is 5.91 Å². The minimum absolute atomic E-state index is 0.0265. The molecule has 2 aromatic heterocycles. The minimum atomic E-state index is -0.464. The van der Waals surface area contributed by atoms with Crippen LogP contribution in [0.15, 0.2) is 72.1 Å². The summed E-state index contributed by atoms with van der Waals surface area (Å²) in [5.74, 6) is -0.356. The highest BCUT2D eigenvalue weighted by Crippen LogP contribution is 2.26. The van der Waals surface area contributed by atoms with E-state index in [4.69, 9.17) is 0 Å². The van der Waals surface area contributed by atoms with Gasteiger partial charge in [-0.2, -0.15) is 0 Å². The highest BCUT2D eigenvalue weighted by Gasteiger charge is 2.27. The lowest BCUT2D eigenvalue weighted by Gasteiger charge is -2.24. The number of aromatic nitrogens is 3. The van der Waals surface area contributed by atoms with Crippen molar-refractivity contribution in [2.75, 3.05) is 13.1 Å². The monoisotopic (exact) mass is 475 g/mol. The molecule has 1 aliphatic rings. The van der Waals surface area contributed by atoms with Crippen LogP contribution in [0.3, 0.4) is 0 Å². The first-order valence-corrected chi connectivity index (χ1v) is 11.9. The molecule has 0 aliphatic carbocycles. The summed E-state index contributed by atoms with van der Waals surface area (Å²) in [4.78, 5) is 32.6. The number of rotatable bonds is 7. The first-order chi connectivity index (χ1) is 16.6. The second kappa shape index (κ2) is 9.56. The third-order valence-electron chi connectivity index (χ3n) is 5.69. The molecular formula is C25H22FN5O2S. The van der Waals surface area contributed by atoms with Crippen molar-refractivity contribution in [3.8, 4) is 16.4 Å². The van der Waals surface area contributed by atoms with Crippen molar-refractivity contribution >= 4 is 23.2 Å². The number of thiophene rings is 1. The van der Waals surface area contributed by atoms with Crippen LogP contribution in [0, 0.1) is 5.82 Å². The Morgan fingerprint density at radius 1 is 1.12 bits per heavy atom. The molecule has 0 bridgehead atoms. The largest absolute Gasteiger partial charge is 0.341 e. The topological polar surface area (TPSA) is 80.1 Å². The van der Waals surface area contributed by atoms with E-state index < -0.39 is 17.8 Å². The van der Waals surface area contributed by atoms with Gasteiger partial charge < -0.3 is 10.2 Å². The highest BCUT2D eigenvalue weighted by atomic mass is 32.1. The summed E-state index contributed by atoms with van der Waals surface area (Å²) in [7, 11) is 0. The number of halogens is 1. The highest BCUT2D eigenvalue weighted by molar-refractivity contribution is 7.13. The van der Waals surface area contributed by atoms with Crippen molar-refractivity contribution in [1.29, 1.82) is 0 Å². The van der Waals surface area contributed by atoms with Crippen molar-refractivity contribution in [2.24, 2.45) is 0 Å². The van der Waals surface area contributed by atoms with Crippen LogP contribution in [-0.2, 0) is 4.79 Å². The number of benzene rings is 2. The van der Waals surface area contributed by atoms with Gasteiger partial charge in [-0.1, -0.05) is 42.5 Å². The normalized spacial score (nSPS) is 14.4. The molecule has 7 nitrogen and oxygen atoms in total. The Morgan fingerprint density at radius 2 is 1.97 bits per heavy atom. The van der Waals surface area contributed by atoms with Crippen molar-refractivity contribution < 1.29 is 14.0 Å². The van der Waals surface area contributed by atoms with E-state index in [2.05, 4.69) is 15.4 Å². The zero-order chi connectivity index (χ0) is 23.5. The Labute approximate surface area is 199 Å². The number of amides is 2. The van der Waals surface area contributed by atoms with Gasteiger partial charge in [0.05, 0.1) is 16.6 Å². The van der Waals surface area contributed by atoms with Gasteiger partial charge in [-0.05, 0) is 41.6 Å². The number of carbonyl (C=O) groups excluding carboxylic acids is 2. The van der Waals surface area contributed by atoms with E-state index in [0.717, 1.165) is 16.9 Å². The zero-order valence-corrected chi connectivity index (χ0v) is 19.0. The van der Waals surface area contributed by atoms with E-state index in [9.17, 15) is 14.0 Å². The Balaban J connectivity index is 1.47. The Kier molecular flexibility index (Phi) is 6.18. The van der Waals surface area contributed by atoms with E-state index >= 15 is 0 Å². The summed E-state index contributed by atoms with van der Waals surface area (Å²) < 4.78 is 15.4. The van der Waals surface area contributed by atoms with Gasteiger partial charge in [0, 0.05) is 19.5 Å². The SMILES string of the molecule is O=C(NC(CN1CCCC1=O)c1ccccc1)c1nc(-c2cccs2)n(-c2cccc(F)c2)n1. The summed E-state index contributed by atoms with van der Waals surface area (Å²) in [5, 5.41) is 9.33. The van der Waals surface area contributed by atoms with Crippen LogP contribution in [0.4, 0.5) is 4.39 Å². The molecule has 9 heteroatoms. The number of nitrogens with one attached hydrogen (secondary N) is 1. The van der Waals surface area contributed by atoms with E-state index in [1.165, 1.54) is 28.2 Å². The summed E-state index contributed by atoms with van der Waals surface area (Å²) in [6, 6.07) is 18.9. The lowest BCUT2D eigenvalue weighted by molar-refractivity contribution is -0.128. The van der Waals surface area contributed by atoms with Crippen LogP contribution in [0.1, 0.15) is 35.1 Å². The van der Waals surface area contributed by atoms with Crippen molar-refractivity contribution in [3.63, 3.8) is 0 Å². The lowest BCUT2D eigenvalue weighted by atomic mass is 10.1. The number of nitrogens with zero attached hydrogens (tertiary/aromatic N) is 4. The Hall–Kier alpha value is -3.85. The number of likely N-dealkylation sites (tertiary alicyclic amines) is 1. The molecule has 1 saturated heterocycles. The molecule has 0 radical (unpaired) electrons. The molecule has 34 heavy (non-hydrogen) atoms. The second-order valence-corrected chi connectivity index (χ2v) is 8.96. The van der Waals surface area contributed by atoms with Gasteiger partial charge in [0.2, 0.25) is 11.7 Å². The summed E-state index contributed by atoms with van der Waals surface area (Å²) in [6.45, 7) is 1.05. The lowest BCUT2D eigenvalue weighted by Crippen LogP contribution is -2.39. The maximum absolute atomic E-state index is 13.9. The third kappa shape index (κ3) is 4.60. The van der Waals surface area contributed by atoms with Crippen molar-refractivity contribution in [3.05, 3.63) is 89.3 Å². The van der Waals surface area contributed by atoms with Gasteiger partial charge in [0.15, 0.2) is 5.82 Å². The number of hydrogen-bond donors (Lipinski definition) is 1. The van der Waals surface area contributed by atoms with E-state index in [1.54, 1.807) is 17.0 Å². The van der Waals surface area contributed by atoms with Crippen LogP contribution in [0.5, 0.6) is 0 Å². The Morgan fingerprint density at radius 3 is 2.68 bits per heavy atom. The summed E-state index contributed by atoms with van der Waals surface area (Å²) >= 11 is 1.45. The molecular weight excluding hydrogens is 453 g/mol. The molecule has 5 rings (SSSR count). The molecule has 2 aromatic carbocycles. The zero-order valence-electron chi connectivity index (χ0n) is 18.2. The average Bonchev–Trinajstić information content (AvgIpc) is 3.60. The molecule has 0 saturated carbocycles. The molecule has 1 atom stereocenters. The molecule has 1 aliphatic heterocycles. The predicted octanol–water partition coefficient (Wildman–Crippen LogP) is 4.23. The maximum Gasteiger partial charge on any atom is 0.291 e. The van der Waals surface area contributed by atoms with Gasteiger partial charge in [-0.3, -0.25) is 9.59 Å². The predicted molar refractivity (Wildman–Crippen MR) is 127 cm³/mol. The standard InChI is InChI=1S/C25H22FN5O2S/c26-18-9-4-10-19(15-18)31-24(21-11-6-14-34-21)28-23(29-31)25(33)27-20(17-7-2-1-3-8-17)16-30-13-5-12-22(30)32/h1-4,6-11,14-15,20H,5,12-13,16H2,(H,27,33).